The van der Waals surface area contributed by atoms with Crippen LogP contribution in [0.25, 0.3) is 0 Å². The van der Waals surface area contributed by atoms with Gasteiger partial charge in [0.1, 0.15) is 11.6 Å². The van der Waals surface area contributed by atoms with Gasteiger partial charge in [-0.2, -0.15) is 0 Å². The van der Waals surface area contributed by atoms with Crippen LogP contribution in [0.3, 0.4) is 0 Å². The normalized spacial score (nSPS) is 12.5. The monoisotopic (exact) mass is 276 g/mol. The lowest BCUT2D eigenvalue weighted by Gasteiger charge is -2.16. The summed E-state index contributed by atoms with van der Waals surface area (Å²) in [6, 6.07) is 8.08. The molecule has 0 saturated heterocycles. The summed E-state index contributed by atoms with van der Waals surface area (Å²) in [6.45, 7) is 5.48. The van der Waals surface area contributed by atoms with Crippen molar-refractivity contribution in [3.05, 3.63) is 69.8 Å². The van der Waals surface area contributed by atoms with Gasteiger partial charge in [0, 0.05) is 18.1 Å². The van der Waals surface area contributed by atoms with Gasteiger partial charge in [0.05, 0.1) is 6.10 Å². The molecule has 0 amide bonds. The second-order valence-electron chi connectivity index (χ2n) is 5.21. The fourth-order valence-electron chi connectivity index (χ4n) is 2.41. The first-order valence-corrected chi connectivity index (χ1v) is 6.59. The summed E-state index contributed by atoms with van der Waals surface area (Å²) in [5.41, 5.74) is 3.60. The van der Waals surface area contributed by atoms with Crippen molar-refractivity contribution in [3.8, 4) is 0 Å². The molecule has 0 fully saturated rings. The summed E-state index contributed by atoms with van der Waals surface area (Å²) < 4.78 is 27.0. The molecule has 2 aromatic carbocycles. The topological polar surface area (TPSA) is 20.2 Å². The first kappa shape index (κ1) is 14.7. The summed E-state index contributed by atoms with van der Waals surface area (Å²) in [5.74, 6) is -1.29. The molecule has 0 aliphatic heterocycles. The van der Waals surface area contributed by atoms with Crippen LogP contribution in [-0.2, 0) is 6.42 Å². The van der Waals surface area contributed by atoms with E-state index in [0.29, 0.717) is 12.0 Å². The smallest absolute Gasteiger partial charge is 0.131 e. The summed E-state index contributed by atoms with van der Waals surface area (Å²) in [5, 5.41) is 10.3. The Morgan fingerprint density at radius 3 is 2.15 bits per heavy atom. The van der Waals surface area contributed by atoms with E-state index in [4.69, 9.17) is 0 Å². The number of halogens is 2. The van der Waals surface area contributed by atoms with Crippen molar-refractivity contribution in [2.45, 2.75) is 33.3 Å². The fraction of sp³-hybridized carbons (Fsp3) is 0.294. The first-order valence-electron chi connectivity index (χ1n) is 6.59. The second kappa shape index (κ2) is 5.71. The molecule has 3 heteroatoms. The molecule has 0 heterocycles. The predicted molar refractivity (Wildman–Crippen MR) is 75.7 cm³/mol. The van der Waals surface area contributed by atoms with Gasteiger partial charge in [-0.05, 0) is 49.1 Å². The molecular formula is C17H18F2O. The van der Waals surface area contributed by atoms with Crippen LogP contribution < -0.4 is 0 Å². The van der Waals surface area contributed by atoms with Gasteiger partial charge < -0.3 is 5.11 Å². The lowest BCUT2D eigenvalue weighted by atomic mass is 9.94. The molecule has 0 aromatic heterocycles. The van der Waals surface area contributed by atoms with Crippen LogP contribution in [0.5, 0.6) is 0 Å². The van der Waals surface area contributed by atoms with E-state index in [1.807, 2.05) is 32.0 Å². The molecule has 0 radical (unpaired) electrons. The maximum Gasteiger partial charge on any atom is 0.131 e. The molecule has 2 aromatic rings. The Balaban J connectivity index is 2.33. The Labute approximate surface area is 117 Å². The Morgan fingerprint density at radius 1 is 0.950 bits per heavy atom. The van der Waals surface area contributed by atoms with E-state index in [1.165, 1.54) is 6.07 Å². The molecule has 20 heavy (non-hydrogen) atoms. The largest absolute Gasteiger partial charge is 0.388 e. The van der Waals surface area contributed by atoms with E-state index >= 15 is 0 Å². The van der Waals surface area contributed by atoms with E-state index in [-0.39, 0.29) is 5.56 Å². The predicted octanol–water partition coefficient (Wildman–Crippen LogP) is 4.17. The molecule has 1 unspecified atom stereocenters. The molecular weight excluding hydrogens is 258 g/mol. The van der Waals surface area contributed by atoms with Gasteiger partial charge in [-0.15, -0.1) is 0 Å². The molecule has 1 atom stereocenters. The third-order valence-electron chi connectivity index (χ3n) is 3.68. The van der Waals surface area contributed by atoms with Crippen LogP contribution in [0.4, 0.5) is 8.78 Å². The van der Waals surface area contributed by atoms with E-state index in [9.17, 15) is 13.9 Å². The quantitative estimate of drug-likeness (QED) is 0.892. The third kappa shape index (κ3) is 2.88. The SMILES string of the molecule is Cc1cc(C(O)Cc2c(C)cccc2C)c(F)cc1F. The van der Waals surface area contributed by atoms with E-state index < -0.39 is 17.7 Å². The zero-order chi connectivity index (χ0) is 14.9. The molecule has 0 aliphatic carbocycles. The zero-order valence-electron chi connectivity index (χ0n) is 11.9. The Morgan fingerprint density at radius 2 is 1.55 bits per heavy atom. The highest BCUT2D eigenvalue weighted by molar-refractivity contribution is 5.36. The van der Waals surface area contributed by atoms with Crippen molar-refractivity contribution in [2.75, 3.05) is 0 Å². The minimum Gasteiger partial charge on any atom is -0.388 e. The number of hydrogen-bond acceptors (Lipinski definition) is 1. The average Bonchev–Trinajstić information content (AvgIpc) is 2.38. The number of rotatable bonds is 3. The van der Waals surface area contributed by atoms with Crippen LogP contribution in [0.15, 0.2) is 30.3 Å². The van der Waals surface area contributed by atoms with Crippen LogP contribution in [0.2, 0.25) is 0 Å². The van der Waals surface area contributed by atoms with Gasteiger partial charge in [0.15, 0.2) is 0 Å². The molecule has 106 valence electrons. The third-order valence-corrected chi connectivity index (χ3v) is 3.68. The Hall–Kier alpha value is -1.74. The van der Waals surface area contributed by atoms with Crippen molar-refractivity contribution < 1.29 is 13.9 Å². The summed E-state index contributed by atoms with van der Waals surface area (Å²) in [6.07, 6.45) is -0.658. The second-order valence-corrected chi connectivity index (χ2v) is 5.21. The lowest BCUT2D eigenvalue weighted by molar-refractivity contribution is 0.173. The van der Waals surface area contributed by atoms with Crippen molar-refractivity contribution in [1.29, 1.82) is 0 Å². The maximum atomic E-state index is 13.8. The highest BCUT2D eigenvalue weighted by Crippen LogP contribution is 2.26. The van der Waals surface area contributed by atoms with Gasteiger partial charge in [0.2, 0.25) is 0 Å². The van der Waals surface area contributed by atoms with Crippen LogP contribution in [-0.4, -0.2) is 5.11 Å². The minimum atomic E-state index is -0.978. The molecule has 0 saturated carbocycles. The van der Waals surface area contributed by atoms with Crippen molar-refractivity contribution in [2.24, 2.45) is 0 Å². The van der Waals surface area contributed by atoms with Crippen LogP contribution in [0.1, 0.15) is 33.9 Å². The van der Waals surface area contributed by atoms with Gasteiger partial charge in [-0.1, -0.05) is 18.2 Å². The number of aliphatic hydroxyl groups is 1. The van der Waals surface area contributed by atoms with Crippen molar-refractivity contribution >= 4 is 0 Å². The maximum absolute atomic E-state index is 13.8. The van der Waals surface area contributed by atoms with Crippen molar-refractivity contribution in [3.63, 3.8) is 0 Å². The van der Waals surface area contributed by atoms with E-state index in [1.54, 1.807) is 6.92 Å². The van der Waals surface area contributed by atoms with E-state index in [0.717, 1.165) is 22.8 Å². The highest BCUT2D eigenvalue weighted by atomic mass is 19.1. The zero-order valence-corrected chi connectivity index (χ0v) is 11.9. The number of hydrogen-bond donors (Lipinski definition) is 1. The molecule has 1 N–H and O–H groups in total. The Kier molecular flexibility index (Phi) is 4.19. The molecule has 0 aliphatic rings. The lowest BCUT2D eigenvalue weighted by Crippen LogP contribution is -2.08. The van der Waals surface area contributed by atoms with Gasteiger partial charge in [-0.3, -0.25) is 0 Å². The molecule has 1 nitrogen and oxygen atoms in total. The fourth-order valence-corrected chi connectivity index (χ4v) is 2.41. The molecule has 0 bridgehead atoms. The van der Waals surface area contributed by atoms with Gasteiger partial charge in [-0.25, -0.2) is 8.78 Å². The van der Waals surface area contributed by atoms with Crippen LogP contribution in [0, 0.1) is 32.4 Å². The molecule has 0 spiro atoms. The van der Waals surface area contributed by atoms with Gasteiger partial charge >= 0.3 is 0 Å². The molecule has 2 rings (SSSR count). The summed E-state index contributed by atoms with van der Waals surface area (Å²) in [4.78, 5) is 0. The van der Waals surface area contributed by atoms with E-state index in [2.05, 4.69) is 0 Å². The summed E-state index contributed by atoms with van der Waals surface area (Å²) >= 11 is 0. The first-order chi connectivity index (χ1) is 9.40. The van der Waals surface area contributed by atoms with Gasteiger partial charge in [0.25, 0.3) is 0 Å². The number of aryl methyl sites for hydroxylation is 3. The van der Waals surface area contributed by atoms with Crippen molar-refractivity contribution in [1.82, 2.24) is 0 Å². The standard InChI is InChI=1S/C17H18F2O/c1-10-5-4-6-11(2)13(10)8-17(20)14-7-12(3)15(18)9-16(14)19/h4-7,9,17,20H,8H2,1-3H3. The minimum absolute atomic E-state index is 0.145. The highest BCUT2D eigenvalue weighted by Gasteiger charge is 2.17. The summed E-state index contributed by atoms with van der Waals surface area (Å²) in [7, 11) is 0. The average molecular weight is 276 g/mol. The number of benzene rings is 2. The number of aliphatic hydroxyl groups excluding tert-OH is 1. The van der Waals surface area contributed by atoms with Crippen LogP contribution >= 0.6 is 0 Å². The Bertz CT molecular complexity index is 615.